The first-order valence-electron chi connectivity index (χ1n) is 8.73. The summed E-state index contributed by atoms with van der Waals surface area (Å²) in [4.78, 5) is 17.5. The number of amides is 1. The van der Waals surface area contributed by atoms with Crippen molar-refractivity contribution in [1.29, 1.82) is 0 Å². The number of morpholine rings is 1. The van der Waals surface area contributed by atoms with Crippen LogP contribution in [0.1, 0.15) is 28.9 Å². The van der Waals surface area contributed by atoms with Crippen molar-refractivity contribution in [2.24, 2.45) is 0 Å². The number of H-pyrrole nitrogens is 1. The number of hydrogen-bond acceptors (Lipinski definition) is 4. The summed E-state index contributed by atoms with van der Waals surface area (Å²) in [5, 5.41) is 3.21. The molecule has 1 aromatic heterocycles. The Morgan fingerprint density at radius 2 is 2.30 bits per heavy atom. The standard InChI is InChI=1S/C19H21ClFN3O2S/c1-12-11-24(8-9-26-12)16(17-14(20)5-2-6-15(17)21)10-23-18(25)13-4-3-7-22-19(13)27/h2-7,12,16H,8-11H2,1H3,(H,22,27)(H,23,25). The molecule has 1 amide bonds. The summed E-state index contributed by atoms with van der Waals surface area (Å²) in [6, 6.07) is 7.56. The fraction of sp³-hybridized carbons (Fsp3) is 0.368. The molecule has 27 heavy (non-hydrogen) atoms. The number of hydrogen-bond donors (Lipinski definition) is 2. The molecule has 2 unspecified atom stereocenters. The summed E-state index contributed by atoms with van der Waals surface area (Å²) in [5.74, 6) is -0.700. The summed E-state index contributed by atoms with van der Waals surface area (Å²) in [5.41, 5.74) is 0.757. The van der Waals surface area contributed by atoms with Crippen LogP contribution in [0.15, 0.2) is 36.5 Å². The van der Waals surface area contributed by atoms with Crippen molar-refractivity contribution in [3.8, 4) is 0 Å². The second-order valence-corrected chi connectivity index (χ2v) is 7.27. The molecule has 1 aliphatic rings. The predicted octanol–water partition coefficient (Wildman–Crippen LogP) is 3.73. The van der Waals surface area contributed by atoms with E-state index in [4.69, 9.17) is 28.6 Å². The van der Waals surface area contributed by atoms with E-state index in [-0.39, 0.29) is 18.6 Å². The lowest BCUT2D eigenvalue weighted by Crippen LogP contribution is -2.47. The molecule has 0 bridgehead atoms. The van der Waals surface area contributed by atoms with E-state index in [9.17, 15) is 9.18 Å². The Balaban J connectivity index is 1.85. The molecule has 1 saturated heterocycles. The Labute approximate surface area is 167 Å². The number of carbonyl (C=O) groups is 1. The smallest absolute Gasteiger partial charge is 0.254 e. The van der Waals surface area contributed by atoms with Gasteiger partial charge in [0.15, 0.2) is 0 Å². The molecule has 0 radical (unpaired) electrons. The van der Waals surface area contributed by atoms with Crippen LogP contribution in [-0.2, 0) is 4.74 Å². The molecule has 0 aliphatic carbocycles. The predicted molar refractivity (Wildman–Crippen MR) is 105 cm³/mol. The van der Waals surface area contributed by atoms with Crippen molar-refractivity contribution in [1.82, 2.24) is 15.2 Å². The molecule has 2 aromatic rings. The van der Waals surface area contributed by atoms with Gasteiger partial charge in [0, 0.05) is 36.4 Å². The molecule has 2 atom stereocenters. The van der Waals surface area contributed by atoms with Gasteiger partial charge in [-0.25, -0.2) is 4.39 Å². The van der Waals surface area contributed by atoms with E-state index in [1.54, 1.807) is 30.5 Å². The highest BCUT2D eigenvalue weighted by Gasteiger charge is 2.29. The molecule has 1 fully saturated rings. The van der Waals surface area contributed by atoms with Crippen LogP contribution >= 0.6 is 23.8 Å². The van der Waals surface area contributed by atoms with E-state index >= 15 is 0 Å². The Hall–Kier alpha value is -1.80. The highest BCUT2D eigenvalue weighted by Crippen LogP contribution is 2.31. The van der Waals surface area contributed by atoms with E-state index in [1.807, 2.05) is 6.92 Å². The minimum Gasteiger partial charge on any atom is -0.376 e. The van der Waals surface area contributed by atoms with Gasteiger partial charge in [0.1, 0.15) is 10.5 Å². The third-order valence-corrected chi connectivity index (χ3v) is 5.23. The van der Waals surface area contributed by atoms with Crippen molar-refractivity contribution < 1.29 is 13.9 Å². The van der Waals surface area contributed by atoms with Gasteiger partial charge < -0.3 is 15.0 Å². The zero-order valence-corrected chi connectivity index (χ0v) is 16.4. The summed E-state index contributed by atoms with van der Waals surface area (Å²) in [7, 11) is 0. The fourth-order valence-corrected chi connectivity index (χ4v) is 3.77. The lowest BCUT2D eigenvalue weighted by molar-refractivity contribution is -0.0346. The zero-order chi connectivity index (χ0) is 19.4. The molecule has 0 saturated carbocycles. The molecular weight excluding hydrogens is 389 g/mol. The molecule has 0 spiro atoms. The maximum absolute atomic E-state index is 14.6. The first-order chi connectivity index (χ1) is 13.0. The number of benzene rings is 1. The lowest BCUT2D eigenvalue weighted by atomic mass is 10.0. The Bertz CT molecular complexity index is 856. The van der Waals surface area contributed by atoms with Crippen molar-refractivity contribution in [3.63, 3.8) is 0 Å². The maximum atomic E-state index is 14.6. The van der Waals surface area contributed by atoms with Gasteiger partial charge in [0.05, 0.1) is 24.3 Å². The molecule has 8 heteroatoms. The highest BCUT2D eigenvalue weighted by molar-refractivity contribution is 7.71. The second kappa shape index (κ2) is 8.93. The quantitative estimate of drug-likeness (QED) is 0.739. The normalized spacial score (nSPS) is 18.9. The SMILES string of the molecule is CC1CN(C(CNC(=O)c2ccc[nH]c2=S)c2c(F)cccc2Cl)CCO1. The third-order valence-electron chi connectivity index (χ3n) is 4.56. The third kappa shape index (κ3) is 4.73. The van der Waals surface area contributed by atoms with Gasteiger partial charge in [-0.1, -0.05) is 29.9 Å². The molecule has 1 aliphatic heterocycles. The lowest BCUT2D eigenvalue weighted by Gasteiger charge is -2.38. The summed E-state index contributed by atoms with van der Waals surface area (Å²) in [6.07, 6.45) is 1.68. The first-order valence-corrected chi connectivity index (χ1v) is 9.51. The maximum Gasteiger partial charge on any atom is 0.254 e. The van der Waals surface area contributed by atoms with Gasteiger partial charge in [-0.2, -0.15) is 0 Å². The minimum atomic E-state index is -0.407. The number of nitrogens with zero attached hydrogens (tertiary/aromatic N) is 1. The summed E-state index contributed by atoms with van der Waals surface area (Å²) in [6.45, 7) is 3.96. The van der Waals surface area contributed by atoms with Crippen LogP contribution in [-0.4, -0.2) is 48.1 Å². The van der Waals surface area contributed by atoms with E-state index < -0.39 is 11.9 Å². The molecule has 1 aromatic carbocycles. The van der Waals surface area contributed by atoms with Crippen LogP contribution in [0.3, 0.4) is 0 Å². The summed E-state index contributed by atoms with van der Waals surface area (Å²) < 4.78 is 20.5. The molecule has 2 N–H and O–H groups in total. The number of rotatable bonds is 5. The number of ether oxygens (including phenoxy) is 1. The van der Waals surface area contributed by atoms with Gasteiger partial charge in [0.2, 0.25) is 0 Å². The fourth-order valence-electron chi connectivity index (χ4n) is 3.26. The Morgan fingerprint density at radius 3 is 3.00 bits per heavy atom. The monoisotopic (exact) mass is 409 g/mol. The Kier molecular flexibility index (Phi) is 6.59. The average Bonchev–Trinajstić information content (AvgIpc) is 2.64. The molecular formula is C19H21ClFN3O2S. The van der Waals surface area contributed by atoms with E-state index in [0.29, 0.717) is 40.5 Å². The summed E-state index contributed by atoms with van der Waals surface area (Å²) >= 11 is 11.5. The van der Waals surface area contributed by atoms with Crippen LogP contribution in [0.5, 0.6) is 0 Å². The van der Waals surface area contributed by atoms with Crippen molar-refractivity contribution >= 4 is 29.7 Å². The highest BCUT2D eigenvalue weighted by atomic mass is 35.5. The minimum absolute atomic E-state index is 0.0190. The van der Waals surface area contributed by atoms with Gasteiger partial charge in [-0.05, 0) is 31.2 Å². The van der Waals surface area contributed by atoms with E-state index in [0.717, 1.165) is 0 Å². The van der Waals surface area contributed by atoms with Crippen LogP contribution in [0.4, 0.5) is 4.39 Å². The Morgan fingerprint density at radius 1 is 1.48 bits per heavy atom. The number of pyridine rings is 1. The van der Waals surface area contributed by atoms with E-state index in [2.05, 4.69) is 15.2 Å². The van der Waals surface area contributed by atoms with Crippen LogP contribution in [0.25, 0.3) is 0 Å². The topological polar surface area (TPSA) is 57.4 Å². The molecule has 2 heterocycles. The number of halogens is 2. The molecule has 3 rings (SSSR count). The average molecular weight is 410 g/mol. The van der Waals surface area contributed by atoms with Crippen molar-refractivity contribution in [2.45, 2.75) is 19.1 Å². The van der Waals surface area contributed by atoms with Gasteiger partial charge in [-0.15, -0.1) is 0 Å². The number of aromatic nitrogens is 1. The van der Waals surface area contributed by atoms with Gasteiger partial charge in [-0.3, -0.25) is 9.69 Å². The largest absolute Gasteiger partial charge is 0.376 e. The van der Waals surface area contributed by atoms with Crippen molar-refractivity contribution in [2.75, 3.05) is 26.2 Å². The van der Waals surface area contributed by atoms with Crippen molar-refractivity contribution in [3.05, 3.63) is 63.1 Å². The molecule has 5 nitrogen and oxygen atoms in total. The second-order valence-electron chi connectivity index (χ2n) is 6.45. The zero-order valence-electron chi connectivity index (χ0n) is 14.9. The number of aromatic amines is 1. The molecule has 144 valence electrons. The van der Waals surface area contributed by atoms with Crippen LogP contribution < -0.4 is 5.32 Å². The number of carbonyl (C=O) groups excluding carboxylic acids is 1. The van der Waals surface area contributed by atoms with Gasteiger partial charge in [0.25, 0.3) is 5.91 Å². The first kappa shape index (κ1) is 19.9. The van der Waals surface area contributed by atoms with Gasteiger partial charge >= 0.3 is 0 Å². The van der Waals surface area contributed by atoms with Crippen LogP contribution in [0, 0.1) is 10.5 Å². The number of nitrogens with one attached hydrogen (secondary N) is 2. The van der Waals surface area contributed by atoms with Crippen LogP contribution in [0.2, 0.25) is 5.02 Å². The van der Waals surface area contributed by atoms with E-state index in [1.165, 1.54) is 6.07 Å².